The molecular weight excluding hydrogens is 376 g/mol. The molecule has 0 fully saturated rings. The van der Waals surface area contributed by atoms with E-state index in [-0.39, 0.29) is 5.41 Å². The number of fused-ring (bicyclic) bond motifs is 3. The normalized spacial score (nSPS) is 12.8. The van der Waals surface area contributed by atoms with E-state index < -0.39 is 0 Å². The van der Waals surface area contributed by atoms with Crippen LogP contribution in [0.15, 0.2) is 36.4 Å². The highest BCUT2D eigenvalue weighted by Crippen LogP contribution is 2.50. The Bertz CT molecular complexity index is 1040. The van der Waals surface area contributed by atoms with Crippen molar-refractivity contribution < 1.29 is 0 Å². The highest BCUT2D eigenvalue weighted by atomic mass is 15.1. The number of rotatable bonds is 2. The van der Waals surface area contributed by atoms with Gasteiger partial charge in [0.2, 0.25) is 0 Å². The van der Waals surface area contributed by atoms with Gasteiger partial charge in [-0.3, -0.25) is 0 Å². The molecule has 0 aliphatic heterocycles. The van der Waals surface area contributed by atoms with Crippen LogP contribution in [0.1, 0.15) is 75.2 Å². The monoisotopic (exact) mass is 418 g/mol. The van der Waals surface area contributed by atoms with Crippen LogP contribution in [0.2, 0.25) is 0 Å². The SMILES string of the molecule is CC.CC.Cc1c(C)c(C)n(-c2ccc3c(c2)C(C)(C)c2cc(N(C)C)ccc2-3)c1C. The van der Waals surface area contributed by atoms with Crippen molar-refractivity contribution >= 4 is 5.69 Å². The van der Waals surface area contributed by atoms with E-state index in [0.717, 1.165) is 0 Å². The summed E-state index contributed by atoms with van der Waals surface area (Å²) in [5.74, 6) is 0. The number of anilines is 1. The fourth-order valence-electron chi connectivity index (χ4n) is 4.65. The van der Waals surface area contributed by atoms with Crippen molar-refractivity contribution in [3.63, 3.8) is 0 Å². The molecule has 31 heavy (non-hydrogen) atoms. The van der Waals surface area contributed by atoms with Crippen LogP contribution in [0.4, 0.5) is 5.69 Å². The molecule has 0 spiro atoms. The van der Waals surface area contributed by atoms with Crippen molar-refractivity contribution in [1.29, 1.82) is 0 Å². The molecule has 0 atom stereocenters. The molecule has 0 amide bonds. The Kier molecular flexibility index (Phi) is 7.47. The van der Waals surface area contributed by atoms with Crippen molar-refractivity contribution in [2.24, 2.45) is 0 Å². The molecule has 0 N–H and O–H groups in total. The first kappa shape index (κ1) is 24.8. The summed E-state index contributed by atoms with van der Waals surface area (Å²) in [6.45, 7) is 21.6. The summed E-state index contributed by atoms with van der Waals surface area (Å²) in [5.41, 5.74) is 13.6. The van der Waals surface area contributed by atoms with Gasteiger partial charge in [-0.25, -0.2) is 0 Å². The molecule has 0 saturated heterocycles. The van der Waals surface area contributed by atoms with Crippen molar-refractivity contribution in [2.75, 3.05) is 19.0 Å². The van der Waals surface area contributed by atoms with E-state index in [1.165, 1.54) is 56.1 Å². The highest BCUT2D eigenvalue weighted by Gasteiger charge is 2.36. The summed E-state index contributed by atoms with van der Waals surface area (Å²) in [7, 11) is 4.22. The van der Waals surface area contributed by atoms with Crippen LogP contribution >= 0.6 is 0 Å². The van der Waals surface area contributed by atoms with Crippen LogP contribution in [-0.2, 0) is 5.41 Å². The Morgan fingerprint density at radius 3 is 1.61 bits per heavy atom. The van der Waals surface area contributed by atoms with Crippen LogP contribution in [0.5, 0.6) is 0 Å². The lowest BCUT2D eigenvalue weighted by Crippen LogP contribution is -2.17. The fourth-order valence-corrected chi connectivity index (χ4v) is 4.65. The first-order chi connectivity index (χ1) is 14.6. The lowest BCUT2D eigenvalue weighted by molar-refractivity contribution is 0.659. The maximum Gasteiger partial charge on any atom is 0.0458 e. The summed E-state index contributed by atoms with van der Waals surface area (Å²) in [6.07, 6.45) is 0. The molecule has 0 unspecified atom stereocenters. The minimum atomic E-state index is 0.00570. The zero-order valence-corrected chi connectivity index (χ0v) is 21.9. The van der Waals surface area contributed by atoms with E-state index in [2.05, 4.69) is 102 Å². The van der Waals surface area contributed by atoms with Crippen LogP contribution in [0.25, 0.3) is 16.8 Å². The summed E-state index contributed by atoms with van der Waals surface area (Å²) < 4.78 is 2.41. The van der Waals surface area contributed by atoms with E-state index in [1.807, 2.05) is 27.7 Å². The average molecular weight is 419 g/mol. The third-order valence-corrected chi connectivity index (χ3v) is 6.74. The smallest absolute Gasteiger partial charge is 0.0458 e. The van der Waals surface area contributed by atoms with Gasteiger partial charge in [-0.15, -0.1) is 0 Å². The number of hydrogen-bond donors (Lipinski definition) is 0. The van der Waals surface area contributed by atoms with Crippen molar-refractivity contribution in [3.8, 4) is 16.8 Å². The molecule has 2 aromatic carbocycles. The molecule has 2 nitrogen and oxygen atoms in total. The van der Waals surface area contributed by atoms with Crippen LogP contribution in [-0.4, -0.2) is 18.7 Å². The summed E-state index contributed by atoms with van der Waals surface area (Å²) in [6, 6.07) is 13.9. The van der Waals surface area contributed by atoms with Gasteiger partial charge in [0.25, 0.3) is 0 Å². The fraction of sp³-hybridized carbons (Fsp3) is 0.448. The second-order valence-electron chi connectivity index (χ2n) is 8.74. The third kappa shape index (κ3) is 3.93. The first-order valence-corrected chi connectivity index (χ1v) is 11.8. The van der Waals surface area contributed by atoms with Crippen molar-refractivity contribution in [2.45, 2.75) is 74.7 Å². The Labute approximate surface area is 190 Å². The van der Waals surface area contributed by atoms with Gasteiger partial charge >= 0.3 is 0 Å². The van der Waals surface area contributed by atoms with Gasteiger partial charge in [-0.1, -0.05) is 53.7 Å². The molecular formula is C29H42N2. The Balaban J connectivity index is 0.000000807. The van der Waals surface area contributed by atoms with Gasteiger partial charge in [-0.2, -0.15) is 0 Å². The molecule has 1 aliphatic carbocycles. The van der Waals surface area contributed by atoms with Crippen molar-refractivity contribution in [1.82, 2.24) is 4.57 Å². The molecule has 4 rings (SSSR count). The summed E-state index contributed by atoms with van der Waals surface area (Å²) in [5, 5.41) is 0. The maximum atomic E-state index is 2.41. The molecule has 3 aromatic rings. The predicted molar refractivity (Wildman–Crippen MR) is 139 cm³/mol. The molecule has 0 bridgehead atoms. The largest absolute Gasteiger partial charge is 0.378 e. The van der Waals surface area contributed by atoms with E-state index >= 15 is 0 Å². The molecule has 0 radical (unpaired) electrons. The second kappa shape index (κ2) is 9.34. The van der Waals surface area contributed by atoms with Gasteiger partial charge in [0.15, 0.2) is 0 Å². The zero-order chi connectivity index (χ0) is 23.7. The minimum absolute atomic E-state index is 0.00570. The van der Waals surface area contributed by atoms with Gasteiger partial charge in [-0.05, 0) is 85.3 Å². The van der Waals surface area contributed by atoms with Crippen LogP contribution in [0.3, 0.4) is 0 Å². The Hall–Kier alpha value is -2.48. The third-order valence-electron chi connectivity index (χ3n) is 6.74. The topological polar surface area (TPSA) is 8.17 Å². The molecule has 2 heteroatoms. The molecule has 1 heterocycles. The van der Waals surface area contributed by atoms with E-state index in [0.29, 0.717) is 0 Å². The Morgan fingerprint density at radius 1 is 0.677 bits per heavy atom. The highest BCUT2D eigenvalue weighted by molar-refractivity contribution is 5.83. The van der Waals surface area contributed by atoms with Crippen molar-refractivity contribution in [3.05, 3.63) is 70.0 Å². The zero-order valence-electron chi connectivity index (χ0n) is 21.9. The summed E-state index contributed by atoms with van der Waals surface area (Å²) >= 11 is 0. The van der Waals surface area contributed by atoms with Gasteiger partial charge in [0.05, 0.1) is 0 Å². The van der Waals surface area contributed by atoms with Gasteiger partial charge in [0.1, 0.15) is 0 Å². The lowest BCUT2D eigenvalue weighted by Gasteiger charge is -2.24. The van der Waals surface area contributed by atoms with E-state index in [1.54, 1.807) is 0 Å². The number of hydrogen-bond acceptors (Lipinski definition) is 1. The summed E-state index contributed by atoms with van der Waals surface area (Å²) in [4.78, 5) is 2.18. The molecule has 1 aliphatic rings. The van der Waals surface area contributed by atoms with E-state index in [9.17, 15) is 0 Å². The van der Waals surface area contributed by atoms with Crippen LogP contribution < -0.4 is 4.90 Å². The predicted octanol–water partition coefficient (Wildman–Crippen LogP) is 8.14. The maximum absolute atomic E-state index is 2.41. The van der Waals surface area contributed by atoms with Gasteiger partial charge < -0.3 is 9.47 Å². The Morgan fingerprint density at radius 2 is 1.13 bits per heavy atom. The number of nitrogens with zero attached hydrogens (tertiary/aromatic N) is 2. The molecule has 168 valence electrons. The minimum Gasteiger partial charge on any atom is -0.378 e. The molecule has 1 aromatic heterocycles. The van der Waals surface area contributed by atoms with Gasteiger partial charge in [0, 0.05) is 42.3 Å². The number of benzene rings is 2. The quantitative estimate of drug-likeness (QED) is 0.408. The average Bonchev–Trinajstić information content (AvgIpc) is 3.12. The second-order valence-corrected chi connectivity index (χ2v) is 8.74. The molecule has 0 saturated carbocycles. The van der Waals surface area contributed by atoms with E-state index in [4.69, 9.17) is 0 Å². The van der Waals surface area contributed by atoms with Crippen LogP contribution in [0, 0.1) is 27.7 Å². The standard InChI is InChI=1S/C25H30N2.2C2H6/c1-15-16(2)18(4)27(17(15)3)20-10-12-22-21-11-9-19(26(7)8)13-23(21)25(5,6)24(22)14-20;2*1-2/h9-14H,1-8H3;2*1-2H3. The first-order valence-electron chi connectivity index (χ1n) is 11.8. The number of aromatic nitrogens is 1. The lowest BCUT2D eigenvalue weighted by atomic mass is 9.82.